The third kappa shape index (κ3) is 5.29. The van der Waals surface area contributed by atoms with Crippen LogP contribution < -0.4 is 5.32 Å². The summed E-state index contributed by atoms with van der Waals surface area (Å²) in [5.41, 5.74) is 3.15. The third-order valence-electron chi connectivity index (χ3n) is 5.44. The van der Waals surface area contributed by atoms with E-state index in [1.807, 2.05) is 24.3 Å². The Morgan fingerprint density at radius 1 is 1.10 bits per heavy atom. The fourth-order valence-corrected chi connectivity index (χ4v) is 3.91. The molecule has 1 fully saturated rings. The van der Waals surface area contributed by atoms with Crippen molar-refractivity contribution in [3.8, 4) is 11.4 Å². The number of benzene rings is 2. The average Bonchev–Trinajstić information content (AvgIpc) is 3.19. The van der Waals surface area contributed by atoms with Gasteiger partial charge in [-0.25, -0.2) is 4.98 Å². The molecule has 1 amide bonds. The number of aromatic nitrogens is 3. The molecule has 1 aliphatic rings. The number of hydrogen-bond donors (Lipinski definition) is 2. The number of rotatable bonds is 6. The second kappa shape index (κ2) is 9.01. The topological polar surface area (TPSA) is 73.9 Å². The van der Waals surface area contributed by atoms with Crippen molar-refractivity contribution in [2.75, 3.05) is 18.4 Å². The standard InChI is InChI=1S/C23H27N5O/c1-17(29)24-21-9-7-20(8-10-21)23-25-22(26-27-23)16-28-13-11-19(12-14-28)15-18-5-3-2-4-6-18/h2-10,19H,11-16H2,1H3,(H,24,29)(H,25,26,27). The van der Waals surface area contributed by atoms with Crippen molar-refractivity contribution in [3.63, 3.8) is 0 Å². The highest BCUT2D eigenvalue weighted by atomic mass is 16.1. The zero-order chi connectivity index (χ0) is 20.1. The minimum atomic E-state index is -0.0783. The number of aromatic amines is 1. The molecule has 29 heavy (non-hydrogen) atoms. The number of nitrogens with zero attached hydrogens (tertiary/aromatic N) is 3. The van der Waals surface area contributed by atoms with Crippen molar-refractivity contribution in [3.05, 3.63) is 66.0 Å². The smallest absolute Gasteiger partial charge is 0.221 e. The van der Waals surface area contributed by atoms with Crippen LogP contribution in [0.1, 0.15) is 31.2 Å². The fraction of sp³-hybridized carbons (Fsp3) is 0.348. The predicted molar refractivity (Wildman–Crippen MR) is 114 cm³/mol. The SMILES string of the molecule is CC(=O)Nc1ccc(-c2n[nH]c(CN3CCC(Cc4ccccc4)CC3)n2)cc1. The van der Waals surface area contributed by atoms with Crippen molar-refractivity contribution in [2.45, 2.75) is 32.7 Å². The molecule has 1 aromatic heterocycles. The number of piperidine rings is 1. The molecule has 6 nitrogen and oxygen atoms in total. The summed E-state index contributed by atoms with van der Waals surface area (Å²) in [4.78, 5) is 18.2. The Hall–Kier alpha value is -2.99. The molecule has 0 unspecified atom stereocenters. The highest BCUT2D eigenvalue weighted by molar-refractivity contribution is 5.88. The summed E-state index contributed by atoms with van der Waals surface area (Å²) in [6, 6.07) is 18.4. The molecule has 0 spiro atoms. The maximum absolute atomic E-state index is 11.1. The van der Waals surface area contributed by atoms with Crippen LogP contribution in [0.3, 0.4) is 0 Å². The largest absolute Gasteiger partial charge is 0.326 e. The van der Waals surface area contributed by atoms with Crippen LogP contribution in [0.5, 0.6) is 0 Å². The summed E-state index contributed by atoms with van der Waals surface area (Å²) in [6.07, 6.45) is 3.62. The van der Waals surface area contributed by atoms with Crippen LogP contribution in [0, 0.1) is 5.92 Å². The number of H-pyrrole nitrogens is 1. The van der Waals surface area contributed by atoms with Crippen LogP contribution in [-0.2, 0) is 17.8 Å². The van der Waals surface area contributed by atoms with Crippen molar-refractivity contribution >= 4 is 11.6 Å². The molecule has 1 aliphatic heterocycles. The van der Waals surface area contributed by atoms with Gasteiger partial charge in [-0.15, -0.1) is 0 Å². The van der Waals surface area contributed by atoms with Crippen molar-refractivity contribution < 1.29 is 4.79 Å². The highest BCUT2D eigenvalue weighted by Gasteiger charge is 2.20. The Kier molecular flexibility index (Phi) is 6.00. The normalized spacial score (nSPS) is 15.3. The summed E-state index contributed by atoms with van der Waals surface area (Å²) in [5, 5.41) is 10.2. The molecule has 3 aromatic rings. The average molecular weight is 390 g/mol. The number of hydrogen-bond acceptors (Lipinski definition) is 4. The van der Waals surface area contributed by atoms with Crippen LogP contribution in [0.4, 0.5) is 5.69 Å². The van der Waals surface area contributed by atoms with Gasteiger partial charge in [-0.3, -0.25) is 14.8 Å². The summed E-state index contributed by atoms with van der Waals surface area (Å²) in [6.45, 7) is 4.49. The first-order chi connectivity index (χ1) is 14.2. The molecule has 6 heteroatoms. The number of nitrogens with one attached hydrogen (secondary N) is 2. The lowest BCUT2D eigenvalue weighted by molar-refractivity contribution is -0.114. The maximum atomic E-state index is 11.1. The molecular formula is C23H27N5O. The Balaban J connectivity index is 1.29. The number of likely N-dealkylation sites (tertiary alicyclic amines) is 1. The van der Waals surface area contributed by atoms with E-state index in [4.69, 9.17) is 0 Å². The highest BCUT2D eigenvalue weighted by Crippen LogP contribution is 2.23. The number of anilines is 1. The fourth-order valence-electron chi connectivity index (χ4n) is 3.91. The van der Waals surface area contributed by atoms with Gasteiger partial charge < -0.3 is 5.32 Å². The van der Waals surface area contributed by atoms with Gasteiger partial charge in [0, 0.05) is 18.2 Å². The van der Waals surface area contributed by atoms with Crippen LogP contribution >= 0.6 is 0 Å². The number of amides is 1. The molecule has 0 aliphatic carbocycles. The van der Waals surface area contributed by atoms with E-state index in [1.165, 1.54) is 31.7 Å². The summed E-state index contributed by atoms with van der Waals surface area (Å²) in [5.74, 6) is 2.27. The Bertz CT molecular complexity index is 927. The summed E-state index contributed by atoms with van der Waals surface area (Å²) < 4.78 is 0. The van der Waals surface area contributed by atoms with Gasteiger partial charge in [0.1, 0.15) is 5.82 Å². The molecule has 0 atom stereocenters. The van der Waals surface area contributed by atoms with E-state index < -0.39 is 0 Å². The minimum Gasteiger partial charge on any atom is -0.326 e. The molecule has 150 valence electrons. The molecule has 0 saturated carbocycles. The number of carbonyl (C=O) groups is 1. The maximum Gasteiger partial charge on any atom is 0.221 e. The van der Waals surface area contributed by atoms with Crippen LogP contribution in [0.15, 0.2) is 54.6 Å². The molecule has 4 rings (SSSR count). The molecule has 2 aromatic carbocycles. The van der Waals surface area contributed by atoms with Gasteiger partial charge in [0.05, 0.1) is 6.54 Å². The van der Waals surface area contributed by atoms with Gasteiger partial charge in [0.2, 0.25) is 5.91 Å². The van der Waals surface area contributed by atoms with Gasteiger partial charge >= 0.3 is 0 Å². The third-order valence-corrected chi connectivity index (χ3v) is 5.44. The Morgan fingerprint density at radius 2 is 1.83 bits per heavy atom. The van der Waals surface area contributed by atoms with Gasteiger partial charge in [0.25, 0.3) is 0 Å². The van der Waals surface area contributed by atoms with Crippen LogP contribution in [0.25, 0.3) is 11.4 Å². The van der Waals surface area contributed by atoms with Crippen molar-refractivity contribution in [2.24, 2.45) is 5.92 Å². The molecule has 2 heterocycles. The van der Waals surface area contributed by atoms with Gasteiger partial charge in [0.15, 0.2) is 5.82 Å². The van der Waals surface area contributed by atoms with E-state index in [-0.39, 0.29) is 5.91 Å². The molecule has 1 saturated heterocycles. The zero-order valence-electron chi connectivity index (χ0n) is 16.8. The van der Waals surface area contributed by atoms with Crippen molar-refractivity contribution in [1.82, 2.24) is 20.1 Å². The minimum absolute atomic E-state index is 0.0783. The van der Waals surface area contributed by atoms with E-state index in [1.54, 1.807) is 0 Å². The first-order valence-corrected chi connectivity index (χ1v) is 10.2. The monoisotopic (exact) mass is 389 g/mol. The quantitative estimate of drug-likeness (QED) is 0.671. The zero-order valence-corrected chi connectivity index (χ0v) is 16.8. The number of carbonyl (C=O) groups excluding carboxylic acids is 1. The van der Waals surface area contributed by atoms with Gasteiger partial charge in [-0.05, 0) is 68.1 Å². The molecule has 0 radical (unpaired) electrons. The lowest BCUT2D eigenvalue weighted by atomic mass is 9.90. The first kappa shape index (κ1) is 19.3. The second-order valence-corrected chi connectivity index (χ2v) is 7.77. The van der Waals surface area contributed by atoms with E-state index in [0.29, 0.717) is 5.82 Å². The summed E-state index contributed by atoms with van der Waals surface area (Å²) in [7, 11) is 0. The van der Waals surface area contributed by atoms with E-state index in [0.717, 1.165) is 42.6 Å². The summed E-state index contributed by atoms with van der Waals surface area (Å²) >= 11 is 0. The van der Waals surface area contributed by atoms with Gasteiger partial charge in [-0.1, -0.05) is 30.3 Å². The first-order valence-electron chi connectivity index (χ1n) is 10.2. The van der Waals surface area contributed by atoms with Crippen LogP contribution in [0.2, 0.25) is 0 Å². The van der Waals surface area contributed by atoms with Gasteiger partial charge in [-0.2, -0.15) is 5.10 Å². The molecule has 0 bridgehead atoms. The van der Waals surface area contributed by atoms with E-state index in [9.17, 15) is 4.79 Å². The van der Waals surface area contributed by atoms with Crippen molar-refractivity contribution in [1.29, 1.82) is 0 Å². The Morgan fingerprint density at radius 3 is 2.52 bits per heavy atom. The van der Waals surface area contributed by atoms with E-state index in [2.05, 4.69) is 55.7 Å². The van der Waals surface area contributed by atoms with E-state index >= 15 is 0 Å². The lowest BCUT2D eigenvalue weighted by Crippen LogP contribution is -2.34. The predicted octanol–water partition coefficient (Wildman–Crippen LogP) is 3.88. The second-order valence-electron chi connectivity index (χ2n) is 7.77. The Labute approximate surface area is 171 Å². The molecular weight excluding hydrogens is 362 g/mol. The molecule has 2 N–H and O–H groups in total. The van der Waals surface area contributed by atoms with Crippen LogP contribution in [-0.4, -0.2) is 39.1 Å². The lowest BCUT2D eigenvalue weighted by Gasteiger charge is -2.31.